The first kappa shape index (κ1) is 10.4. The van der Waals surface area contributed by atoms with Crippen LogP contribution in [0.1, 0.15) is 32.0 Å². The average Bonchev–Trinajstić information content (AvgIpc) is 2.15. The van der Waals surface area contributed by atoms with E-state index in [9.17, 15) is 0 Å². The van der Waals surface area contributed by atoms with Gasteiger partial charge in [0, 0.05) is 36.8 Å². The molecule has 4 nitrogen and oxygen atoms in total. The highest BCUT2D eigenvalue weighted by molar-refractivity contribution is 5.27. The maximum absolute atomic E-state index is 5.57. The predicted molar refractivity (Wildman–Crippen MR) is 60.3 cm³/mol. The number of rotatable bonds is 0. The first-order chi connectivity index (χ1) is 6.97. The Morgan fingerprint density at radius 2 is 2.13 bits per heavy atom. The fourth-order valence-corrected chi connectivity index (χ4v) is 1.90. The molecule has 0 unspecified atom stereocenters. The van der Waals surface area contributed by atoms with E-state index in [4.69, 9.17) is 5.73 Å². The van der Waals surface area contributed by atoms with Gasteiger partial charge < -0.3 is 5.73 Å². The lowest BCUT2D eigenvalue weighted by Gasteiger charge is -2.38. The van der Waals surface area contributed by atoms with E-state index in [2.05, 4.69) is 35.6 Å². The first-order valence-corrected chi connectivity index (χ1v) is 5.32. The van der Waals surface area contributed by atoms with E-state index in [0.717, 1.165) is 25.2 Å². The van der Waals surface area contributed by atoms with Crippen LogP contribution in [-0.4, -0.2) is 27.0 Å². The molecule has 0 saturated carbocycles. The third-order valence-corrected chi connectivity index (χ3v) is 2.90. The number of aromatic nitrogens is 2. The van der Waals surface area contributed by atoms with Crippen molar-refractivity contribution in [3.8, 4) is 0 Å². The fraction of sp³-hybridized carbons (Fsp3) is 0.636. The highest BCUT2D eigenvalue weighted by Crippen LogP contribution is 2.23. The second-order valence-corrected chi connectivity index (χ2v) is 5.04. The summed E-state index contributed by atoms with van der Waals surface area (Å²) in [6.45, 7) is 8.68. The summed E-state index contributed by atoms with van der Waals surface area (Å²) in [6, 6.07) is 0. The number of anilines is 1. The SMILES string of the molecule is CC(C)(C)N1CCc2nc(N)ncc2C1. The molecule has 0 amide bonds. The molecule has 0 atom stereocenters. The molecule has 1 aliphatic heterocycles. The molecule has 2 heterocycles. The van der Waals surface area contributed by atoms with E-state index in [1.54, 1.807) is 0 Å². The fourth-order valence-electron chi connectivity index (χ4n) is 1.90. The minimum absolute atomic E-state index is 0.207. The first-order valence-electron chi connectivity index (χ1n) is 5.32. The molecule has 1 aromatic rings. The summed E-state index contributed by atoms with van der Waals surface area (Å²) < 4.78 is 0. The van der Waals surface area contributed by atoms with Gasteiger partial charge in [0.25, 0.3) is 0 Å². The molecule has 15 heavy (non-hydrogen) atoms. The Morgan fingerprint density at radius 3 is 2.80 bits per heavy atom. The van der Waals surface area contributed by atoms with E-state index >= 15 is 0 Å². The van der Waals surface area contributed by atoms with Crippen LogP contribution in [0.25, 0.3) is 0 Å². The Balaban J connectivity index is 2.24. The molecule has 2 N–H and O–H groups in total. The number of nitrogens with two attached hydrogens (primary N) is 1. The lowest BCUT2D eigenvalue weighted by atomic mass is 9.99. The van der Waals surface area contributed by atoms with Crippen molar-refractivity contribution in [2.24, 2.45) is 0 Å². The molecular formula is C11H18N4. The van der Waals surface area contributed by atoms with Crippen LogP contribution in [0.3, 0.4) is 0 Å². The van der Waals surface area contributed by atoms with E-state index in [0.29, 0.717) is 5.95 Å². The van der Waals surface area contributed by atoms with Gasteiger partial charge in [0.05, 0.1) is 5.69 Å². The Kier molecular flexibility index (Phi) is 2.38. The van der Waals surface area contributed by atoms with Gasteiger partial charge in [-0.15, -0.1) is 0 Å². The number of hydrogen-bond donors (Lipinski definition) is 1. The molecule has 0 bridgehead atoms. The standard InChI is InChI=1S/C11H18N4/c1-11(2,3)15-5-4-9-8(7-15)6-13-10(12)14-9/h6H,4-5,7H2,1-3H3,(H2,12,13,14). The van der Waals surface area contributed by atoms with Gasteiger partial charge >= 0.3 is 0 Å². The minimum atomic E-state index is 0.207. The van der Waals surface area contributed by atoms with Crippen LogP contribution in [0, 0.1) is 0 Å². The van der Waals surface area contributed by atoms with Crippen molar-refractivity contribution in [1.82, 2.24) is 14.9 Å². The maximum atomic E-state index is 5.57. The van der Waals surface area contributed by atoms with Crippen molar-refractivity contribution in [3.05, 3.63) is 17.5 Å². The van der Waals surface area contributed by atoms with Gasteiger partial charge in [-0.25, -0.2) is 9.97 Å². The van der Waals surface area contributed by atoms with Crippen molar-refractivity contribution < 1.29 is 0 Å². The van der Waals surface area contributed by atoms with Gasteiger partial charge in [-0.05, 0) is 20.8 Å². The molecule has 0 fully saturated rings. The lowest BCUT2D eigenvalue weighted by Crippen LogP contribution is -2.44. The van der Waals surface area contributed by atoms with Crippen molar-refractivity contribution in [2.75, 3.05) is 12.3 Å². The third-order valence-electron chi connectivity index (χ3n) is 2.90. The van der Waals surface area contributed by atoms with Crippen molar-refractivity contribution in [2.45, 2.75) is 39.3 Å². The summed E-state index contributed by atoms with van der Waals surface area (Å²) in [5.41, 5.74) is 8.10. The summed E-state index contributed by atoms with van der Waals surface area (Å²) in [6.07, 6.45) is 2.83. The third kappa shape index (κ3) is 2.09. The molecule has 0 aliphatic carbocycles. The largest absolute Gasteiger partial charge is 0.368 e. The quantitative estimate of drug-likeness (QED) is 0.693. The zero-order valence-electron chi connectivity index (χ0n) is 9.62. The van der Waals surface area contributed by atoms with Gasteiger partial charge in [-0.1, -0.05) is 0 Å². The molecule has 82 valence electrons. The van der Waals surface area contributed by atoms with Gasteiger partial charge in [-0.3, -0.25) is 4.90 Å². The average molecular weight is 206 g/mol. The van der Waals surface area contributed by atoms with E-state index in [1.165, 1.54) is 5.56 Å². The normalized spacial score (nSPS) is 17.5. The molecule has 0 aromatic carbocycles. The van der Waals surface area contributed by atoms with E-state index < -0.39 is 0 Å². The van der Waals surface area contributed by atoms with E-state index in [1.807, 2.05) is 6.20 Å². The smallest absolute Gasteiger partial charge is 0.220 e. The second-order valence-electron chi connectivity index (χ2n) is 5.04. The molecule has 0 radical (unpaired) electrons. The van der Waals surface area contributed by atoms with Crippen LogP contribution in [0.15, 0.2) is 6.20 Å². The Morgan fingerprint density at radius 1 is 1.40 bits per heavy atom. The second kappa shape index (κ2) is 3.45. The van der Waals surface area contributed by atoms with Crippen LogP contribution in [0.4, 0.5) is 5.95 Å². The van der Waals surface area contributed by atoms with Crippen molar-refractivity contribution in [3.63, 3.8) is 0 Å². The Bertz CT molecular complexity index is 367. The van der Waals surface area contributed by atoms with Gasteiger partial charge in [0.15, 0.2) is 0 Å². The molecule has 2 rings (SSSR count). The van der Waals surface area contributed by atoms with Gasteiger partial charge in [0.1, 0.15) is 0 Å². The van der Waals surface area contributed by atoms with Crippen molar-refractivity contribution in [1.29, 1.82) is 0 Å². The predicted octanol–water partition coefficient (Wildman–Crippen LogP) is 1.22. The lowest BCUT2D eigenvalue weighted by molar-refractivity contribution is 0.119. The van der Waals surface area contributed by atoms with Gasteiger partial charge in [0.2, 0.25) is 5.95 Å². The minimum Gasteiger partial charge on any atom is -0.368 e. The Labute approximate surface area is 90.5 Å². The number of nitrogens with zero attached hydrogens (tertiary/aromatic N) is 3. The van der Waals surface area contributed by atoms with Crippen LogP contribution >= 0.6 is 0 Å². The molecule has 4 heteroatoms. The maximum Gasteiger partial charge on any atom is 0.220 e. The molecule has 1 aliphatic rings. The highest BCUT2D eigenvalue weighted by Gasteiger charge is 2.26. The number of fused-ring (bicyclic) bond motifs is 1. The number of hydrogen-bond acceptors (Lipinski definition) is 4. The van der Waals surface area contributed by atoms with E-state index in [-0.39, 0.29) is 5.54 Å². The van der Waals surface area contributed by atoms with Crippen LogP contribution < -0.4 is 5.73 Å². The zero-order chi connectivity index (χ0) is 11.1. The van der Waals surface area contributed by atoms with Crippen LogP contribution in [-0.2, 0) is 13.0 Å². The summed E-state index contributed by atoms with van der Waals surface area (Å²) in [7, 11) is 0. The monoisotopic (exact) mass is 206 g/mol. The zero-order valence-corrected chi connectivity index (χ0v) is 9.62. The molecule has 0 saturated heterocycles. The summed E-state index contributed by atoms with van der Waals surface area (Å²) >= 11 is 0. The Hall–Kier alpha value is -1.16. The highest BCUT2D eigenvalue weighted by atomic mass is 15.2. The van der Waals surface area contributed by atoms with Crippen molar-refractivity contribution >= 4 is 5.95 Å². The van der Waals surface area contributed by atoms with Crippen LogP contribution in [0.5, 0.6) is 0 Å². The summed E-state index contributed by atoms with van der Waals surface area (Å²) in [5.74, 6) is 0.387. The number of nitrogen functional groups attached to an aromatic ring is 1. The summed E-state index contributed by atoms with van der Waals surface area (Å²) in [4.78, 5) is 10.8. The topological polar surface area (TPSA) is 55.0 Å². The summed E-state index contributed by atoms with van der Waals surface area (Å²) in [5, 5.41) is 0. The van der Waals surface area contributed by atoms with Gasteiger partial charge in [-0.2, -0.15) is 0 Å². The molecule has 1 aromatic heterocycles. The molecular weight excluding hydrogens is 188 g/mol. The molecule has 0 spiro atoms. The van der Waals surface area contributed by atoms with Crippen LogP contribution in [0.2, 0.25) is 0 Å².